The summed E-state index contributed by atoms with van der Waals surface area (Å²) in [5.74, 6) is -0.350. The Bertz CT molecular complexity index is 2030. The molecule has 2 aliphatic carbocycles. The number of hydrogen-bond donors (Lipinski definition) is 2. The molecule has 2 atom stereocenters. The fourth-order valence-electron chi connectivity index (χ4n) is 6.63. The lowest BCUT2D eigenvalue weighted by molar-refractivity contribution is -0.126. The molecule has 0 saturated heterocycles. The van der Waals surface area contributed by atoms with Gasteiger partial charge < -0.3 is 14.6 Å². The predicted octanol–water partition coefficient (Wildman–Crippen LogP) is 10.7. The van der Waals surface area contributed by atoms with E-state index in [0.717, 1.165) is 38.8 Å². The van der Waals surface area contributed by atoms with Gasteiger partial charge in [-0.1, -0.05) is 153 Å². The molecule has 4 rings (SSSR count). The number of para-hydroxylation sites is 1. The number of Topliss-reactive ketones (excluding diaryl/α,β-unsaturated/α-hetero) is 2. The Kier molecular flexibility index (Phi) is 16.0. The Morgan fingerprint density at radius 3 is 1.45 bits per heavy atom. The Labute approximate surface area is 327 Å². The molecule has 2 N–H and O–H groups in total. The minimum absolute atomic E-state index is 0.175. The monoisotopic (exact) mass is 742 g/mol. The molecule has 0 amide bonds. The van der Waals surface area contributed by atoms with Crippen molar-refractivity contribution < 1.29 is 24.2 Å². The third-order valence-corrected chi connectivity index (χ3v) is 9.84. The third-order valence-electron chi connectivity index (χ3n) is 9.84. The Hall–Kier alpha value is -5.17. The number of aliphatic hydroxyl groups is 2. The summed E-state index contributed by atoms with van der Waals surface area (Å²) in [4.78, 5) is 35.2. The normalized spacial score (nSPS) is 21.7. The van der Waals surface area contributed by atoms with Crippen LogP contribution in [0.3, 0.4) is 0 Å². The van der Waals surface area contributed by atoms with E-state index in [4.69, 9.17) is 4.42 Å². The lowest BCUT2D eigenvalue weighted by Crippen LogP contribution is -2.35. The summed E-state index contributed by atoms with van der Waals surface area (Å²) in [5, 5.41) is 21.0. The Balaban J connectivity index is 0.000000622. The molecule has 0 bridgehead atoms. The molecule has 6 heteroatoms. The van der Waals surface area contributed by atoms with Crippen molar-refractivity contribution in [3.63, 3.8) is 0 Å². The van der Waals surface area contributed by atoms with Gasteiger partial charge in [-0.25, -0.2) is 4.79 Å². The van der Waals surface area contributed by atoms with Gasteiger partial charge in [0, 0.05) is 11.5 Å². The standard InChI is InChI=1S/C40H52O4.C9H6O2/c1-27(17-13-19-29(3)21-23-33-31(5)37(43)35(41)25-39(33,7)8)15-11-12-16-28(2)18-14-20-30(4)22-24-34-32(6)38(44)36(42)26-40(34,9)10;10-9-6-5-7-3-1-2-4-8(7)11-9/h11-24,35-36,41-42H,25-26H2,1-10H3;1-6H/b12-11+,17-13+,18-14+,23-21+,24-22+,27-15+,28-16+,29-19+,30-20+;. The Morgan fingerprint density at radius 1 is 0.600 bits per heavy atom. The minimum atomic E-state index is -0.907. The fraction of sp³-hybridized carbons (Fsp3) is 0.327. The predicted molar refractivity (Wildman–Crippen MR) is 227 cm³/mol. The zero-order valence-corrected chi connectivity index (χ0v) is 34.1. The second kappa shape index (κ2) is 19.9. The van der Waals surface area contributed by atoms with Gasteiger partial charge in [-0.05, 0) is 99.6 Å². The van der Waals surface area contributed by atoms with Crippen LogP contribution >= 0.6 is 0 Å². The zero-order chi connectivity index (χ0) is 40.9. The van der Waals surface area contributed by atoms with Crippen LogP contribution in [-0.2, 0) is 9.59 Å². The molecule has 6 nitrogen and oxygen atoms in total. The van der Waals surface area contributed by atoms with E-state index in [1.807, 2.05) is 92.8 Å². The highest BCUT2D eigenvalue weighted by Gasteiger charge is 2.37. The molecule has 290 valence electrons. The van der Waals surface area contributed by atoms with Crippen LogP contribution in [0.15, 0.2) is 175 Å². The fourth-order valence-corrected chi connectivity index (χ4v) is 6.63. The van der Waals surface area contributed by atoms with E-state index in [9.17, 15) is 24.6 Å². The van der Waals surface area contributed by atoms with Gasteiger partial charge in [0.05, 0.1) is 0 Å². The molecule has 0 aliphatic heterocycles. The lowest BCUT2D eigenvalue weighted by atomic mass is 9.71. The highest BCUT2D eigenvalue weighted by Crippen LogP contribution is 2.40. The Morgan fingerprint density at radius 2 is 1.00 bits per heavy atom. The number of aliphatic hydroxyl groups excluding tert-OH is 2. The summed E-state index contributed by atoms with van der Waals surface area (Å²) >= 11 is 0. The van der Waals surface area contributed by atoms with Crippen LogP contribution in [0.5, 0.6) is 0 Å². The van der Waals surface area contributed by atoms with Gasteiger partial charge >= 0.3 is 5.63 Å². The minimum Gasteiger partial charge on any atom is -0.423 e. The number of ketones is 2. The average Bonchev–Trinajstić information content (AvgIpc) is 3.11. The first-order chi connectivity index (χ1) is 25.8. The maximum absolute atomic E-state index is 12.2. The summed E-state index contributed by atoms with van der Waals surface area (Å²) in [6.07, 6.45) is 27.5. The van der Waals surface area contributed by atoms with Crippen LogP contribution in [0.25, 0.3) is 11.0 Å². The molecule has 0 fully saturated rings. The molecule has 2 unspecified atom stereocenters. The first kappa shape index (κ1) is 44.2. The number of allylic oxidation sites excluding steroid dienone is 20. The van der Waals surface area contributed by atoms with Crippen LogP contribution in [0, 0.1) is 10.8 Å². The van der Waals surface area contributed by atoms with E-state index >= 15 is 0 Å². The van der Waals surface area contributed by atoms with Crippen LogP contribution in [-0.4, -0.2) is 34.0 Å². The van der Waals surface area contributed by atoms with Gasteiger partial charge in [-0.3, -0.25) is 9.59 Å². The molecular weight excluding hydrogens is 685 g/mol. The topological polar surface area (TPSA) is 105 Å². The number of carbonyl (C=O) groups excluding carboxylic acids is 2. The SMILES string of the molecule is CC1=C(/C=C/C(C)=C/C=C/C(C)=C/C=C/C=C(C)/C=C/C=C(C)/C=C/C2=C(C)C(=O)C(O)CC2(C)C)C(C)(C)CC(O)C1=O.O=c1ccc2ccccc2o1. The summed E-state index contributed by atoms with van der Waals surface area (Å²) in [5.41, 5.74) is 7.50. The van der Waals surface area contributed by atoms with E-state index in [1.165, 1.54) is 6.07 Å². The van der Waals surface area contributed by atoms with Gasteiger partial charge in [-0.2, -0.15) is 0 Å². The van der Waals surface area contributed by atoms with E-state index in [1.54, 1.807) is 26.0 Å². The van der Waals surface area contributed by atoms with Crippen molar-refractivity contribution in [3.05, 3.63) is 176 Å². The summed E-state index contributed by atoms with van der Waals surface area (Å²) < 4.78 is 4.91. The number of rotatable bonds is 10. The second-order valence-corrected chi connectivity index (χ2v) is 15.7. The summed E-state index contributed by atoms with van der Waals surface area (Å²) in [6, 6.07) is 10.6. The molecule has 2 aliphatic rings. The smallest absolute Gasteiger partial charge is 0.336 e. The van der Waals surface area contributed by atoms with Crippen molar-refractivity contribution >= 4 is 22.5 Å². The molecule has 1 aromatic heterocycles. The summed E-state index contributed by atoms with van der Waals surface area (Å²) in [7, 11) is 0. The van der Waals surface area contributed by atoms with E-state index in [-0.39, 0.29) is 28.0 Å². The van der Waals surface area contributed by atoms with Crippen molar-refractivity contribution in [1.29, 1.82) is 0 Å². The van der Waals surface area contributed by atoms with Crippen LogP contribution in [0.1, 0.15) is 82.1 Å². The maximum atomic E-state index is 12.2. The number of fused-ring (bicyclic) bond motifs is 1. The molecule has 0 saturated carbocycles. The molecular formula is C49H58O6. The highest BCUT2D eigenvalue weighted by atomic mass is 16.4. The molecule has 0 spiro atoms. The van der Waals surface area contributed by atoms with E-state index in [0.29, 0.717) is 29.6 Å². The largest absolute Gasteiger partial charge is 0.423 e. The summed E-state index contributed by atoms with van der Waals surface area (Å²) in [6.45, 7) is 20.0. The number of hydrogen-bond acceptors (Lipinski definition) is 6. The van der Waals surface area contributed by atoms with Crippen molar-refractivity contribution in [2.24, 2.45) is 10.8 Å². The maximum Gasteiger partial charge on any atom is 0.336 e. The van der Waals surface area contributed by atoms with Gasteiger partial charge in [0.2, 0.25) is 0 Å². The van der Waals surface area contributed by atoms with E-state index in [2.05, 4.69) is 65.8 Å². The third kappa shape index (κ3) is 13.3. The van der Waals surface area contributed by atoms with Crippen molar-refractivity contribution in [2.45, 2.75) is 94.3 Å². The molecule has 0 radical (unpaired) electrons. The van der Waals surface area contributed by atoms with Crippen LogP contribution in [0.2, 0.25) is 0 Å². The zero-order valence-electron chi connectivity index (χ0n) is 34.1. The molecule has 1 aromatic carbocycles. The van der Waals surface area contributed by atoms with E-state index < -0.39 is 12.2 Å². The van der Waals surface area contributed by atoms with Gasteiger partial charge in [0.15, 0.2) is 11.6 Å². The van der Waals surface area contributed by atoms with Gasteiger partial charge in [0.25, 0.3) is 0 Å². The number of benzene rings is 1. The van der Waals surface area contributed by atoms with Crippen molar-refractivity contribution in [3.8, 4) is 0 Å². The van der Waals surface area contributed by atoms with Gasteiger partial charge in [0.1, 0.15) is 17.8 Å². The average molecular weight is 743 g/mol. The first-order valence-electron chi connectivity index (χ1n) is 18.8. The molecule has 1 heterocycles. The van der Waals surface area contributed by atoms with Crippen LogP contribution in [0.4, 0.5) is 0 Å². The van der Waals surface area contributed by atoms with Gasteiger partial charge in [-0.15, -0.1) is 0 Å². The molecule has 55 heavy (non-hydrogen) atoms. The highest BCUT2D eigenvalue weighted by molar-refractivity contribution is 6.01. The number of carbonyl (C=O) groups is 2. The van der Waals surface area contributed by atoms with Crippen LogP contribution < -0.4 is 5.63 Å². The second-order valence-electron chi connectivity index (χ2n) is 15.7. The van der Waals surface area contributed by atoms with Crippen molar-refractivity contribution in [1.82, 2.24) is 0 Å². The lowest BCUT2D eigenvalue weighted by Gasteiger charge is -2.34. The molecule has 2 aromatic rings. The first-order valence-corrected chi connectivity index (χ1v) is 18.8. The van der Waals surface area contributed by atoms with Crippen molar-refractivity contribution in [2.75, 3.05) is 0 Å². The quantitative estimate of drug-likeness (QED) is 0.185.